The molecule has 0 radical (unpaired) electrons. The van der Waals surface area contributed by atoms with Crippen LogP contribution in [0.25, 0.3) is 0 Å². The molecule has 0 saturated heterocycles. The number of allylic oxidation sites excluding steroid dienone is 4. The Bertz CT molecular complexity index is 248. The molecule has 0 amide bonds. The van der Waals surface area contributed by atoms with Crippen molar-refractivity contribution in [3.05, 3.63) is 23.3 Å². The SMILES string of the molecule is O=CC1=CC=C(C(F)(F)F)CC1. The Labute approximate surface area is 67.6 Å². The topological polar surface area (TPSA) is 17.1 Å². The molecule has 0 aromatic heterocycles. The zero-order valence-electron chi connectivity index (χ0n) is 6.19. The predicted molar refractivity (Wildman–Crippen MR) is 37.5 cm³/mol. The highest BCUT2D eigenvalue weighted by Crippen LogP contribution is 2.32. The molecule has 1 rings (SSSR count). The fourth-order valence-corrected chi connectivity index (χ4v) is 0.988. The van der Waals surface area contributed by atoms with Crippen LogP contribution < -0.4 is 0 Å². The van der Waals surface area contributed by atoms with E-state index in [1.54, 1.807) is 0 Å². The van der Waals surface area contributed by atoms with Gasteiger partial charge >= 0.3 is 6.18 Å². The monoisotopic (exact) mass is 176 g/mol. The zero-order chi connectivity index (χ0) is 9.19. The van der Waals surface area contributed by atoms with E-state index in [-0.39, 0.29) is 12.8 Å². The number of rotatable bonds is 1. The molecule has 0 saturated carbocycles. The minimum absolute atomic E-state index is 0.0892. The van der Waals surface area contributed by atoms with Gasteiger partial charge in [0.2, 0.25) is 0 Å². The van der Waals surface area contributed by atoms with Crippen molar-refractivity contribution in [3.8, 4) is 0 Å². The number of halogens is 3. The van der Waals surface area contributed by atoms with E-state index in [2.05, 4.69) is 0 Å². The van der Waals surface area contributed by atoms with E-state index in [9.17, 15) is 18.0 Å². The Morgan fingerprint density at radius 3 is 2.25 bits per heavy atom. The van der Waals surface area contributed by atoms with Crippen LogP contribution in [0.5, 0.6) is 0 Å². The predicted octanol–water partition coefficient (Wildman–Crippen LogP) is 2.39. The lowest BCUT2D eigenvalue weighted by molar-refractivity contribution is -0.105. The summed E-state index contributed by atoms with van der Waals surface area (Å²) in [6, 6.07) is 0. The molecule has 0 N–H and O–H groups in total. The molecule has 12 heavy (non-hydrogen) atoms. The second-order valence-corrected chi connectivity index (χ2v) is 2.55. The van der Waals surface area contributed by atoms with Crippen molar-refractivity contribution in [2.45, 2.75) is 19.0 Å². The molecule has 1 aliphatic carbocycles. The fourth-order valence-electron chi connectivity index (χ4n) is 0.988. The summed E-state index contributed by atoms with van der Waals surface area (Å²) in [7, 11) is 0. The summed E-state index contributed by atoms with van der Waals surface area (Å²) in [5.41, 5.74) is -0.142. The maximum Gasteiger partial charge on any atom is 0.412 e. The summed E-state index contributed by atoms with van der Waals surface area (Å²) in [6.07, 6.45) is -1.37. The van der Waals surface area contributed by atoms with E-state index in [0.717, 1.165) is 6.08 Å². The minimum Gasteiger partial charge on any atom is -0.298 e. The van der Waals surface area contributed by atoms with Crippen molar-refractivity contribution in [1.29, 1.82) is 0 Å². The van der Waals surface area contributed by atoms with Gasteiger partial charge in [0, 0.05) is 5.57 Å². The number of carbonyl (C=O) groups excluding carboxylic acids is 1. The van der Waals surface area contributed by atoms with Crippen LogP contribution in [0.2, 0.25) is 0 Å². The van der Waals surface area contributed by atoms with Gasteiger partial charge in [-0.1, -0.05) is 12.2 Å². The molecule has 0 unspecified atom stereocenters. The third-order valence-corrected chi connectivity index (χ3v) is 1.70. The van der Waals surface area contributed by atoms with Gasteiger partial charge in [0.05, 0.1) is 0 Å². The summed E-state index contributed by atoms with van der Waals surface area (Å²) >= 11 is 0. The van der Waals surface area contributed by atoms with Crippen molar-refractivity contribution in [2.75, 3.05) is 0 Å². The minimum atomic E-state index is -4.25. The summed E-state index contributed by atoms with van der Waals surface area (Å²) in [6.45, 7) is 0. The van der Waals surface area contributed by atoms with E-state index < -0.39 is 11.7 Å². The normalized spacial score (nSPS) is 18.2. The maximum absolute atomic E-state index is 12.0. The van der Waals surface area contributed by atoms with Gasteiger partial charge in [-0.3, -0.25) is 4.79 Å². The highest BCUT2D eigenvalue weighted by molar-refractivity contribution is 5.74. The van der Waals surface area contributed by atoms with E-state index in [1.807, 2.05) is 0 Å². The highest BCUT2D eigenvalue weighted by Gasteiger charge is 2.33. The van der Waals surface area contributed by atoms with Crippen molar-refractivity contribution >= 4 is 6.29 Å². The largest absolute Gasteiger partial charge is 0.412 e. The second kappa shape index (κ2) is 3.13. The fraction of sp³-hybridized carbons (Fsp3) is 0.375. The molecule has 0 aromatic rings. The quantitative estimate of drug-likeness (QED) is 0.560. The zero-order valence-corrected chi connectivity index (χ0v) is 6.19. The number of aldehydes is 1. The molecular formula is C8H7F3O. The van der Waals surface area contributed by atoms with Gasteiger partial charge in [-0.25, -0.2) is 0 Å². The average Bonchev–Trinajstić information content (AvgIpc) is 2.03. The van der Waals surface area contributed by atoms with Crippen LogP contribution in [0.1, 0.15) is 12.8 Å². The van der Waals surface area contributed by atoms with Crippen molar-refractivity contribution in [1.82, 2.24) is 0 Å². The van der Waals surface area contributed by atoms with E-state index in [1.165, 1.54) is 6.08 Å². The van der Waals surface area contributed by atoms with Gasteiger partial charge in [-0.2, -0.15) is 13.2 Å². The second-order valence-electron chi connectivity index (χ2n) is 2.55. The first kappa shape index (κ1) is 9.03. The first-order valence-corrected chi connectivity index (χ1v) is 3.46. The first-order chi connectivity index (χ1) is 5.54. The van der Waals surface area contributed by atoms with E-state index in [0.29, 0.717) is 11.9 Å². The van der Waals surface area contributed by atoms with Crippen molar-refractivity contribution in [3.63, 3.8) is 0 Å². The molecule has 0 heterocycles. The maximum atomic E-state index is 12.0. The summed E-state index contributed by atoms with van der Waals surface area (Å²) in [5, 5.41) is 0. The number of hydrogen-bond acceptors (Lipinski definition) is 1. The van der Waals surface area contributed by atoms with Gasteiger partial charge in [0.15, 0.2) is 0 Å². The van der Waals surface area contributed by atoms with Gasteiger partial charge < -0.3 is 0 Å². The molecule has 0 atom stereocenters. The summed E-state index contributed by atoms with van der Waals surface area (Å²) in [5.74, 6) is 0. The van der Waals surface area contributed by atoms with Gasteiger partial charge in [0.1, 0.15) is 6.29 Å². The van der Waals surface area contributed by atoms with Crippen LogP contribution in [0.15, 0.2) is 23.3 Å². The smallest absolute Gasteiger partial charge is 0.298 e. The molecule has 66 valence electrons. The summed E-state index contributed by atoms with van der Waals surface area (Å²) < 4.78 is 36.0. The summed E-state index contributed by atoms with van der Waals surface area (Å²) in [4.78, 5) is 10.1. The average molecular weight is 176 g/mol. The van der Waals surface area contributed by atoms with Crippen LogP contribution in [-0.4, -0.2) is 12.5 Å². The van der Waals surface area contributed by atoms with Crippen molar-refractivity contribution in [2.24, 2.45) is 0 Å². The molecule has 0 aliphatic heterocycles. The van der Waals surface area contributed by atoms with Crippen LogP contribution in [0.4, 0.5) is 13.2 Å². The first-order valence-electron chi connectivity index (χ1n) is 3.46. The molecule has 0 fully saturated rings. The molecule has 1 nitrogen and oxygen atoms in total. The lowest BCUT2D eigenvalue weighted by Gasteiger charge is -2.13. The van der Waals surface area contributed by atoms with Crippen LogP contribution in [0, 0.1) is 0 Å². The Balaban J connectivity index is 2.79. The molecule has 0 spiro atoms. The third-order valence-electron chi connectivity index (χ3n) is 1.70. The van der Waals surface area contributed by atoms with Crippen molar-refractivity contribution < 1.29 is 18.0 Å². The Morgan fingerprint density at radius 2 is 1.92 bits per heavy atom. The standard InChI is InChI=1S/C8H7F3O/c9-8(10,11)7-3-1-6(5-12)2-4-7/h1,3,5H,2,4H2. The number of hydrogen-bond donors (Lipinski definition) is 0. The number of alkyl halides is 3. The molecule has 4 heteroatoms. The van der Waals surface area contributed by atoms with E-state index >= 15 is 0 Å². The lowest BCUT2D eigenvalue weighted by Crippen LogP contribution is -2.13. The van der Waals surface area contributed by atoms with E-state index in [4.69, 9.17) is 0 Å². The third kappa shape index (κ3) is 1.96. The molecule has 0 aromatic carbocycles. The Kier molecular flexibility index (Phi) is 2.35. The molecule has 0 bridgehead atoms. The van der Waals surface area contributed by atoms with Crippen LogP contribution in [-0.2, 0) is 4.79 Å². The van der Waals surface area contributed by atoms with Gasteiger partial charge in [-0.05, 0) is 18.4 Å². The lowest BCUT2D eigenvalue weighted by atomic mass is 9.99. The number of carbonyl (C=O) groups is 1. The van der Waals surface area contributed by atoms with Crippen LogP contribution >= 0.6 is 0 Å². The molecular weight excluding hydrogens is 169 g/mol. The molecule has 1 aliphatic rings. The van der Waals surface area contributed by atoms with Gasteiger partial charge in [0.25, 0.3) is 0 Å². The Morgan fingerprint density at radius 1 is 1.25 bits per heavy atom. The highest BCUT2D eigenvalue weighted by atomic mass is 19.4. The van der Waals surface area contributed by atoms with Crippen LogP contribution in [0.3, 0.4) is 0 Å². The Hall–Kier alpha value is -1.06. The van der Waals surface area contributed by atoms with Gasteiger partial charge in [-0.15, -0.1) is 0 Å².